The van der Waals surface area contributed by atoms with Crippen LogP contribution in [0.25, 0.3) is 17.2 Å². The van der Waals surface area contributed by atoms with E-state index in [9.17, 15) is 23.3 Å². The molecule has 36 heavy (non-hydrogen) atoms. The number of amides is 1. The molecule has 4 aromatic rings. The third kappa shape index (κ3) is 4.83. The number of fused-ring (bicyclic) bond motifs is 1. The number of nitro benzene ring substituents is 1. The monoisotopic (exact) mass is 525 g/mol. The van der Waals surface area contributed by atoms with Crippen LogP contribution in [0.1, 0.15) is 33.0 Å². The molecule has 0 aliphatic carbocycles. The number of imidazole rings is 1. The number of sulfonamides is 1. The zero-order valence-electron chi connectivity index (χ0n) is 19.2. The lowest BCUT2D eigenvalue weighted by Gasteiger charge is -2.10. The number of hydrogen-bond donors (Lipinski definition) is 1. The Morgan fingerprint density at radius 3 is 2.47 bits per heavy atom. The van der Waals surface area contributed by atoms with Crippen LogP contribution in [0.2, 0.25) is 5.02 Å². The molecule has 0 fully saturated rings. The summed E-state index contributed by atoms with van der Waals surface area (Å²) in [6.45, 7) is 7.29. The number of rotatable bonds is 7. The SMILES string of the molecule is C=Cc1ccc(S(=O)(=O)NC(=O)c2cc(C)c3nc(C)n(Cc4ccc([N+](=O)[O-])cc4Cl)c3n2)cc1. The van der Waals surface area contributed by atoms with Gasteiger partial charge >= 0.3 is 0 Å². The zero-order chi connectivity index (χ0) is 26.2. The van der Waals surface area contributed by atoms with Gasteiger partial charge in [-0.15, -0.1) is 0 Å². The van der Waals surface area contributed by atoms with Crippen molar-refractivity contribution in [2.24, 2.45) is 0 Å². The maximum Gasteiger partial charge on any atom is 0.283 e. The summed E-state index contributed by atoms with van der Waals surface area (Å²) in [6.07, 6.45) is 1.58. The summed E-state index contributed by atoms with van der Waals surface area (Å²) >= 11 is 6.26. The van der Waals surface area contributed by atoms with Crippen molar-refractivity contribution in [3.63, 3.8) is 0 Å². The molecule has 0 saturated heterocycles. The van der Waals surface area contributed by atoms with Crippen molar-refractivity contribution in [2.45, 2.75) is 25.3 Å². The van der Waals surface area contributed by atoms with Crippen molar-refractivity contribution in [1.82, 2.24) is 19.3 Å². The number of hydrogen-bond acceptors (Lipinski definition) is 7. The molecular weight excluding hydrogens is 506 g/mol. The summed E-state index contributed by atoms with van der Waals surface area (Å²) < 4.78 is 29.2. The third-order valence-electron chi connectivity index (χ3n) is 5.55. The molecule has 2 aromatic carbocycles. The van der Waals surface area contributed by atoms with E-state index in [1.165, 1.54) is 30.3 Å². The number of aryl methyl sites for hydroxylation is 2. The highest BCUT2D eigenvalue weighted by atomic mass is 35.5. The van der Waals surface area contributed by atoms with E-state index in [-0.39, 0.29) is 27.8 Å². The van der Waals surface area contributed by atoms with E-state index in [0.717, 1.165) is 5.56 Å². The first kappa shape index (κ1) is 25.0. The number of benzene rings is 2. The van der Waals surface area contributed by atoms with Crippen LogP contribution in [-0.4, -0.2) is 33.8 Å². The summed E-state index contributed by atoms with van der Waals surface area (Å²) in [5.74, 6) is -0.325. The van der Waals surface area contributed by atoms with E-state index in [1.807, 2.05) is 0 Å². The van der Waals surface area contributed by atoms with Crippen LogP contribution in [0.15, 0.2) is 60.0 Å². The largest absolute Gasteiger partial charge is 0.308 e. The molecule has 0 saturated carbocycles. The Kier molecular flexibility index (Phi) is 6.61. The molecule has 0 radical (unpaired) electrons. The lowest BCUT2D eigenvalue weighted by molar-refractivity contribution is -0.384. The van der Waals surface area contributed by atoms with Gasteiger partial charge in [0.15, 0.2) is 5.65 Å². The van der Waals surface area contributed by atoms with Crippen molar-refractivity contribution < 1.29 is 18.1 Å². The third-order valence-corrected chi connectivity index (χ3v) is 7.25. The number of pyridine rings is 1. The number of nitro groups is 1. The Morgan fingerprint density at radius 1 is 1.17 bits per heavy atom. The van der Waals surface area contributed by atoms with Crippen LogP contribution < -0.4 is 4.72 Å². The molecule has 0 aliphatic rings. The smallest absolute Gasteiger partial charge is 0.283 e. The van der Waals surface area contributed by atoms with Crippen molar-refractivity contribution in [3.05, 3.63) is 98.5 Å². The molecule has 2 aromatic heterocycles. The van der Waals surface area contributed by atoms with E-state index < -0.39 is 20.9 Å². The van der Waals surface area contributed by atoms with Crippen LogP contribution in [0, 0.1) is 24.0 Å². The molecule has 184 valence electrons. The predicted molar refractivity (Wildman–Crippen MR) is 135 cm³/mol. The number of nitrogens with zero attached hydrogens (tertiary/aromatic N) is 4. The maximum atomic E-state index is 12.9. The number of halogens is 1. The van der Waals surface area contributed by atoms with Crippen LogP contribution in [0.4, 0.5) is 5.69 Å². The normalized spacial score (nSPS) is 11.4. The van der Waals surface area contributed by atoms with E-state index in [2.05, 4.69) is 21.3 Å². The van der Waals surface area contributed by atoms with Gasteiger partial charge in [0, 0.05) is 12.1 Å². The molecule has 0 unspecified atom stereocenters. The quantitative estimate of drug-likeness (QED) is 0.278. The van der Waals surface area contributed by atoms with Gasteiger partial charge in [0.1, 0.15) is 17.0 Å². The summed E-state index contributed by atoms with van der Waals surface area (Å²) in [4.78, 5) is 32.2. The predicted octanol–water partition coefficient (Wildman–Crippen LogP) is 4.42. The molecule has 12 heteroatoms. The molecular formula is C24H20ClN5O5S. The molecule has 1 amide bonds. The van der Waals surface area contributed by atoms with Gasteiger partial charge in [-0.1, -0.05) is 36.4 Å². The number of non-ortho nitro benzene ring substituents is 1. The molecule has 0 aliphatic heterocycles. The van der Waals surface area contributed by atoms with Gasteiger partial charge in [-0.05, 0) is 54.8 Å². The van der Waals surface area contributed by atoms with Crippen LogP contribution in [-0.2, 0) is 16.6 Å². The van der Waals surface area contributed by atoms with Crippen LogP contribution in [0.5, 0.6) is 0 Å². The second-order valence-electron chi connectivity index (χ2n) is 7.98. The van der Waals surface area contributed by atoms with Gasteiger partial charge in [-0.2, -0.15) is 0 Å². The lowest BCUT2D eigenvalue weighted by atomic mass is 10.2. The first-order valence-electron chi connectivity index (χ1n) is 10.6. The maximum absolute atomic E-state index is 12.9. The summed E-state index contributed by atoms with van der Waals surface area (Å²) in [6, 6.07) is 11.5. The number of nitrogens with one attached hydrogen (secondary N) is 1. The zero-order valence-corrected chi connectivity index (χ0v) is 20.8. The van der Waals surface area contributed by atoms with E-state index in [0.29, 0.717) is 28.1 Å². The van der Waals surface area contributed by atoms with Crippen molar-refractivity contribution in [1.29, 1.82) is 0 Å². The second kappa shape index (κ2) is 9.51. The number of aromatic nitrogens is 3. The summed E-state index contributed by atoms with van der Waals surface area (Å²) in [5.41, 5.74) is 2.58. The first-order chi connectivity index (χ1) is 17.0. The minimum Gasteiger partial charge on any atom is -0.308 e. The average Bonchev–Trinajstić information content (AvgIpc) is 3.15. The van der Waals surface area contributed by atoms with Gasteiger partial charge in [0.25, 0.3) is 21.6 Å². The minimum atomic E-state index is -4.14. The van der Waals surface area contributed by atoms with Gasteiger partial charge < -0.3 is 4.57 Å². The van der Waals surface area contributed by atoms with Crippen LogP contribution >= 0.6 is 11.6 Å². The molecule has 0 atom stereocenters. The Morgan fingerprint density at radius 2 is 1.86 bits per heavy atom. The van der Waals surface area contributed by atoms with Crippen LogP contribution in [0.3, 0.4) is 0 Å². The fraction of sp³-hybridized carbons (Fsp3) is 0.125. The van der Waals surface area contributed by atoms with Crippen molar-refractivity contribution in [2.75, 3.05) is 0 Å². The fourth-order valence-electron chi connectivity index (χ4n) is 3.62. The second-order valence-corrected chi connectivity index (χ2v) is 10.1. The Bertz CT molecular complexity index is 1650. The van der Waals surface area contributed by atoms with E-state index in [4.69, 9.17) is 11.6 Å². The number of carbonyl (C=O) groups excluding carboxylic acids is 1. The van der Waals surface area contributed by atoms with Crippen molar-refractivity contribution in [3.8, 4) is 0 Å². The first-order valence-corrected chi connectivity index (χ1v) is 12.4. The molecule has 0 spiro atoms. The summed E-state index contributed by atoms with van der Waals surface area (Å²) in [5, 5.41) is 11.2. The molecule has 0 bridgehead atoms. The summed E-state index contributed by atoms with van der Waals surface area (Å²) in [7, 11) is -4.14. The minimum absolute atomic E-state index is 0.0760. The molecule has 10 nitrogen and oxygen atoms in total. The van der Waals surface area contributed by atoms with Gasteiger partial charge in [-0.25, -0.2) is 23.1 Å². The average molecular weight is 526 g/mol. The highest BCUT2D eigenvalue weighted by Crippen LogP contribution is 2.26. The van der Waals surface area contributed by atoms with E-state index in [1.54, 1.807) is 42.7 Å². The lowest BCUT2D eigenvalue weighted by Crippen LogP contribution is -2.31. The van der Waals surface area contributed by atoms with Crippen molar-refractivity contribution >= 4 is 50.5 Å². The van der Waals surface area contributed by atoms with Gasteiger partial charge in [0.2, 0.25) is 0 Å². The topological polar surface area (TPSA) is 137 Å². The Balaban J connectivity index is 1.69. The van der Waals surface area contributed by atoms with Gasteiger partial charge in [-0.3, -0.25) is 14.9 Å². The molecule has 1 N–H and O–H groups in total. The fourth-order valence-corrected chi connectivity index (χ4v) is 4.82. The Labute approximate surface area is 211 Å². The highest BCUT2D eigenvalue weighted by molar-refractivity contribution is 7.90. The van der Waals surface area contributed by atoms with E-state index >= 15 is 0 Å². The molecule has 4 rings (SSSR count). The highest BCUT2D eigenvalue weighted by Gasteiger charge is 2.22. The van der Waals surface area contributed by atoms with Gasteiger partial charge in [0.05, 0.1) is 21.4 Å². The molecule has 2 heterocycles. The Hall–Kier alpha value is -4.09. The number of carbonyl (C=O) groups is 1. The standard InChI is InChI=1S/C24H20ClN5O5S/c1-4-16-5-9-19(10-6-16)36(34,35)28-24(31)21-11-14(2)22-23(27-21)29(15(3)26-22)13-17-7-8-18(30(32)33)12-20(17)25/h4-12H,1,13H2,2-3H3,(H,28,31).